The first-order valence-corrected chi connectivity index (χ1v) is 11.8. The lowest BCUT2D eigenvalue weighted by Gasteiger charge is -2.24. The fourth-order valence-electron chi connectivity index (χ4n) is 4.00. The molecule has 0 aliphatic heterocycles. The highest BCUT2D eigenvalue weighted by molar-refractivity contribution is 5.99. The van der Waals surface area contributed by atoms with Crippen LogP contribution in [0.3, 0.4) is 0 Å². The van der Waals surface area contributed by atoms with E-state index in [-0.39, 0.29) is 42.0 Å². The predicted molar refractivity (Wildman–Crippen MR) is 132 cm³/mol. The molecule has 2 aromatic carbocycles. The third-order valence-corrected chi connectivity index (χ3v) is 5.88. The molecule has 2 aromatic rings. The Kier molecular flexibility index (Phi) is 8.58. The van der Waals surface area contributed by atoms with Crippen LogP contribution in [0.2, 0.25) is 0 Å². The summed E-state index contributed by atoms with van der Waals surface area (Å²) in [6, 6.07) is 7.73. The maximum Gasteiger partial charge on any atom is 0.416 e. The van der Waals surface area contributed by atoms with Gasteiger partial charge in [0.05, 0.1) is 18.6 Å². The molecule has 0 fully saturated rings. The van der Waals surface area contributed by atoms with Crippen LogP contribution < -0.4 is 5.32 Å². The van der Waals surface area contributed by atoms with Crippen molar-refractivity contribution in [2.75, 3.05) is 18.5 Å². The maximum absolute atomic E-state index is 14.9. The Morgan fingerprint density at radius 1 is 1.11 bits per heavy atom. The van der Waals surface area contributed by atoms with Crippen LogP contribution >= 0.6 is 0 Å². The zero-order chi connectivity index (χ0) is 27.4. The molecule has 0 saturated carbocycles. The van der Waals surface area contributed by atoms with E-state index in [1.165, 1.54) is 30.3 Å². The van der Waals surface area contributed by atoms with E-state index in [9.17, 15) is 32.3 Å². The largest absolute Gasteiger partial charge is 0.493 e. The summed E-state index contributed by atoms with van der Waals surface area (Å²) in [6.45, 7) is 5.11. The maximum atomic E-state index is 14.9. The molecule has 0 heterocycles. The van der Waals surface area contributed by atoms with Gasteiger partial charge in [0.25, 0.3) is 0 Å². The van der Waals surface area contributed by atoms with Gasteiger partial charge in [-0.1, -0.05) is 38.1 Å². The molecule has 0 radical (unpaired) electrons. The molecule has 198 valence electrons. The molecule has 5 nitrogen and oxygen atoms in total. The van der Waals surface area contributed by atoms with Crippen LogP contribution in [0.25, 0.3) is 5.57 Å². The standard InChI is InChI=1S/C28H29F4NO4/c1-4-37-25-14-21(35)9-10-22(25)17-5-6-18(24(29)11-17)12-26(36)33-20-8-7-19(15-27(2,3)16-34)23(13-20)28(30,31)32/h5-8,10-11,13-14,34H,4,9,12,15-16H2,1-3H3,(H,33,36). The highest BCUT2D eigenvalue weighted by atomic mass is 19.4. The van der Waals surface area contributed by atoms with E-state index < -0.39 is 35.3 Å². The minimum Gasteiger partial charge on any atom is -0.493 e. The van der Waals surface area contributed by atoms with Gasteiger partial charge in [-0.25, -0.2) is 4.39 Å². The lowest BCUT2D eigenvalue weighted by atomic mass is 9.84. The first kappa shape index (κ1) is 28.1. The number of rotatable bonds is 9. The number of hydrogen-bond donors (Lipinski definition) is 2. The highest BCUT2D eigenvalue weighted by Crippen LogP contribution is 2.36. The number of ether oxygens (including phenoxy) is 1. The Bertz CT molecular complexity index is 1250. The number of halogens is 4. The van der Waals surface area contributed by atoms with Gasteiger partial charge >= 0.3 is 6.18 Å². The average Bonchev–Trinajstić information content (AvgIpc) is 2.81. The van der Waals surface area contributed by atoms with E-state index in [1.807, 2.05) is 0 Å². The van der Waals surface area contributed by atoms with Crippen LogP contribution in [-0.2, 0) is 33.3 Å². The van der Waals surface area contributed by atoms with Crippen molar-refractivity contribution in [1.82, 2.24) is 0 Å². The number of nitrogens with one attached hydrogen (secondary N) is 1. The number of carbonyl (C=O) groups excluding carboxylic acids is 2. The molecule has 9 heteroatoms. The SMILES string of the molecule is CCOC1=CC(=O)CC=C1c1ccc(CC(=O)Nc2ccc(CC(C)(C)CO)c(C(F)(F)F)c2)c(F)c1. The first-order valence-electron chi connectivity index (χ1n) is 11.8. The van der Waals surface area contributed by atoms with E-state index in [4.69, 9.17) is 4.74 Å². The molecule has 1 aliphatic rings. The fraction of sp³-hybridized carbons (Fsp3) is 0.357. The molecule has 0 unspecified atom stereocenters. The second-order valence-corrected chi connectivity index (χ2v) is 9.63. The molecular weight excluding hydrogens is 490 g/mol. The number of anilines is 1. The number of amides is 1. The Balaban J connectivity index is 1.76. The van der Waals surface area contributed by atoms with Gasteiger partial charge in [0.1, 0.15) is 11.6 Å². The zero-order valence-corrected chi connectivity index (χ0v) is 20.8. The van der Waals surface area contributed by atoms with Crippen LogP contribution in [0.15, 0.2) is 54.3 Å². The quantitative estimate of drug-likeness (QED) is 0.407. The number of allylic oxidation sites excluding steroid dienone is 3. The van der Waals surface area contributed by atoms with Crippen LogP contribution in [0.4, 0.5) is 23.2 Å². The number of aliphatic hydroxyl groups excluding tert-OH is 1. The fourth-order valence-corrected chi connectivity index (χ4v) is 4.00. The molecule has 0 aromatic heterocycles. The van der Waals surface area contributed by atoms with Gasteiger partial charge in [-0.2, -0.15) is 13.2 Å². The third-order valence-electron chi connectivity index (χ3n) is 5.88. The molecule has 37 heavy (non-hydrogen) atoms. The van der Waals surface area contributed by atoms with E-state index in [0.717, 1.165) is 6.07 Å². The molecule has 2 N–H and O–H groups in total. The molecule has 1 aliphatic carbocycles. The van der Waals surface area contributed by atoms with Crippen molar-refractivity contribution in [3.63, 3.8) is 0 Å². The minimum atomic E-state index is -4.66. The molecule has 0 bridgehead atoms. The van der Waals surface area contributed by atoms with Crippen molar-refractivity contribution >= 4 is 23.0 Å². The number of alkyl halides is 3. The smallest absolute Gasteiger partial charge is 0.416 e. The van der Waals surface area contributed by atoms with Gasteiger partial charge in [0, 0.05) is 30.4 Å². The van der Waals surface area contributed by atoms with Crippen LogP contribution in [0.5, 0.6) is 0 Å². The van der Waals surface area contributed by atoms with Gasteiger partial charge < -0.3 is 15.2 Å². The Morgan fingerprint density at radius 2 is 1.81 bits per heavy atom. The molecular formula is C28H29F4NO4. The summed E-state index contributed by atoms with van der Waals surface area (Å²) in [4.78, 5) is 24.2. The average molecular weight is 520 g/mol. The van der Waals surface area contributed by atoms with Crippen LogP contribution in [0.1, 0.15) is 49.4 Å². The molecule has 0 saturated heterocycles. The lowest BCUT2D eigenvalue weighted by molar-refractivity contribution is -0.138. The second-order valence-electron chi connectivity index (χ2n) is 9.63. The predicted octanol–water partition coefficient (Wildman–Crippen LogP) is 5.86. The topological polar surface area (TPSA) is 75.6 Å². The Labute approximate surface area is 212 Å². The monoisotopic (exact) mass is 519 g/mol. The van der Waals surface area contributed by atoms with Crippen LogP contribution in [-0.4, -0.2) is 30.0 Å². The first-order chi connectivity index (χ1) is 17.3. The van der Waals surface area contributed by atoms with Crippen molar-refractivity contribution in [1.29, 1.82) is 0 Å². The number of benzene rings is 2. The van der Waals surface area contributed by atoms with Crippen molar-refractivity contribution in [3.8, 4) is 0 Å². The second kappa shape index (κ2) is 11.3. The van der Waals surface area contributed by atoms with Gasteiger partial charge in [0.15, 0.2) is 5.78 Å². The van der Waals surface area contributed by atoms with Gasteiger partial charge in [-0.15, -0.1) is 0 Å². The van der Waals surface area contributed by atoms with Gasteiger partial charge in [-0.05, 0) is 53.6 Å². The summed E-state index contributed by atoms with van der Waals surface area (Å²) in [5.41, 5.74) is -0.608. The van der Waals surface area contributed by atoms with E-state index in [0.29, 0.717) is 23.5 Å². The van der Waals surface area contributed by atoms with Gasteiger partial charge in [0.2, 0.25) is 5.91 Å². The number of hydrogen-bond acceptors (Lipinski definition) is 4. The summed E-state index contributed by atoms with van der Waals surface area (Å²) in [5.74, 6) is -1.13. The summed E-state index contributed by atoms with van der Waals surface area (Å²) in [5, 5.41) is 11.8. The molecule has 0 spiro atoms. The van der Waals surface area contributed by atoms with Crippen LogP contribution in [0, 0.1) is 11.2 Å². The summed E-state index contributed by atoms with van der Waals surface area (Å²) >= 11 is 0. The zero-order valence-electron chi connectivity index (χ0n) is 20.8. The normalized spacial score (nSPS) is 14.2. The highest BCUT2D eigenvalue weighted by Gasteiger charge is 2.35. The molecule has 0 atom stereocenters. The van der Waals surface area contributed by atoms with Crippen molar-refractivity contribution in [2.45, 2.75) is 46.2 Å². The summed E-state index contributed by atoms with van der Waals surface area (Å²) < 4.78 is 61.4. The van der Waals surface area contributed by atoms with E-state index in [2.05, 4.69) is 5.32 Å². The molecule has 1 amide bonds. The summed E-state index contributed by atoms with van der Waals surface area (Å²) in [7, 11) is 0. The van der Waals surface area contributed by atoms with Gasteiger partial charge in [-0.3, -0.25) is 9.59 Å². The van der Waals surface area contributed by atoms with Crippen molar-refractivity contribution in [2.24, 2.45) is 5.41 Å². The van der Waals surface area contributed by atoms with E-state index in [1.54, 1.807) is 32.9 Å². The molecule has 3 rings (SSSR count). The van der Waals surface area contributed by atoms with E-state index >= 15 is 0 Å². The van der Waals surface area contributed by atoms with Crippen molar-refractivity contribution < 1.29 is 37.0 Å². The Morgan fingerprint density at radius 3 is 2.43 bits per heavy atom. The Hall–Kier alpha value is -3.46. The lowest BCUT2D eigenvalue weighted by Crippen LogP contribution is -2.22. The van der Waals surface area contributed by atoms with Crippen molar-refractivity contribution in [3.05, 3.63) is 82.4 Å². The number of aliphatic hydroxyl groups is 1. The number of ketones is 1. The summed E-state index contributed by atoms with van der Waals surface area (Å²) in [6.07, 6.45) is -1.88. The third kappa shape index (κ3) is 7.29. The minimum absolute atomic E-state index is 0.00497. The number of carbonyl (C=O) groups is 2.